The Morgan fingerprint density at radius 2 is 1.64 bits per heavy atom. The third kappa shape index (κ3) is 4.34. The summed E-state index contributed by atoms with van der Waals surface area (Å²) in [6.45, 7) is 13.4. The predicted molar refractivity (Wildman–Crippen MR) is 97.5 cm³/mol. The number of nitriles is 1. The maximum absolute atomic E-state index is 12.9. The van der Waals surface area contributed by atoms with Gasteiger partial charge in [-0.1, -0.05) is 0 Å². The summed E-state index contributed by atoms with van der Waals surface area (Å²) in [6, 6.07) is 2.24. The summed E-state index contributed by atoms with van der Waals surface area (Å²) in [4.78, 5) is 16.8. The van der Waals surface area contributed by atoms with Gasteiger partial charge < -0.3 is 20.3 Å². The van der Waals surface area contributed by atoms with Crippen LogP contribution in [0.25, 0.3) is 0 Å². The van der Waals surface area contributed by atoms with Crippen LogP contribution >= 0.6 is 0 Å². The molecule has 0 saturated carbocycles. The summed E-state index contributed by atoms with van der Waals surface area (Å²) in [6.07, 6.45) is 3.36. The first-order valence-electron chi connectivity index (χ1n) is 9.08. The number of hydrogen-bond donors (Lipinski definition) is 1. The van der Waals surface area contributed by atoms with Gasteiger partial charge in [-0.05, 0) is 54.4 Å². The fourth-order valence-electron chi connectivity index (χ4n) is 4.50. The number of hydrogen-bond acceptors (Lipinski definition) is 5. The monoisotopic (exact) mass is 348 g/mol. The van der Waals surface area contributed by atoms with Crippen LogP contribution in [-0.4, -0.2) is 58.1 Å². The van der Waals surface area contributed by atoms with Gasteiger partial charge >= 0.3 is 0 Å². The second kappa shape index (κ2) is 6.97. The van der Waals surface area contributed by atoms with Gasteiger partial charge in [0.25, 0.3) is 5.91 Å². The summed E-state index contributed by atoms with van der Waals surface area (Å²) < 4.78 is 5.69. The lowest BCUT2D eigenvalue weighted by atomic mass is 9.77. The zero-order chi connectivity index (χ0) is 19.0. The van der Waals surface area contributed by atoms with Crippen molar-refractivity contribution < 1.29 is 9.53 Å². The number of ether oxygens (including phenoxy) is 1. The second-order valence-corrected chi connectivity index (χ2v) is 8.79. The Labute approximate surface area is 151 Å². The lowest BCUT2D eigenvalue weighted by Crippen LogP contribution is -2.61. The lowest BCUT2D eigenvalue weighted by Gasteiger charge is -2.54. The fraction of sp³-hybridized carbons (Fsp3) is 0.789. The van der Waals surface area contributed by atoms with E-state index in [1.54, 1.807) is 11.1 Å². The molecule has 0 aromatic carbocycles. The van der Waals surface area contributed by atoms with E-state index in [1.807, 2.05) is 13.8 Å². The number of piperidine rings is 1. The Balaban J connectivity index is 2.29. The maximum Gasteiger partial charge on any atom is 0.266 e. The quantitative estimate of drug-likeness (QED) is 0.610. The summed E-state index contributed by atoms with van der Waals surface area (Å²) in [7, 11) is 0. The summed E-state index contributed by atoms with van der Waals surface area (Å²) >= 11 is 0. The topological polar surface area (TPSA) is 82.6 Å². The van der Waals surface area contributed by atoms with Crippen LogP contribution in [0, 0.1) is 11.3 Å². The number of nitrogens with two attached hydrogens (primary N) is 1. The highest BCUT2D eigenvalue weighted by atomic mass is 16.5. The highest BCUT2D eigenvalue weighted by molar-refractivity contribution is 5.97. The van der Waals surface area contributed by atoms with Crippen molar-refractivity contribution in [2.45, 2.75) is 83.7 Å². The van der Waals surface area contributed by atoms with Crippen molar-refractivity contribution in [1.82, 2.24) is 9.80 Å². The van der Waals surface area contributed by atoms with Crippen molar-refractivity contribution in [1.29, 1.82) is 5.26 Å². The molecule has 6 heteroatoms. The molecule has 2 fully saturated rings. The molecule has 6 nitrogen and oxygen atoms in total. The average molecular weight is 348 g/mol. The minimum atomic E-state index is -0.217. The first kappa shape index (κ1) is 19.7. The first-order valence-corrected chi connectivity index (χ1v) is 9.08. The minimum Gasteiger partial charge on any atom is -0.372 e. The molecule has 2 N–H and O–H groups in total. The van der Waals surface area contributed by atoms with Gasteiger partial charge in [-0.25, -0.2) is 0 Å². The lowest BCUT2D eigenvalue weighted by molar-refractivity contribution is -0.138. The van der Waals surface area contributed by atoms with E-state index in [-0.39, 0.29) is 40.8 Å². The number of carbonyl (C=O) groups excluding carboxylic acids is 1. The smallest absolute Gasteiger partial charge is 0.266 e. The molecule has 2 rings (SSSR count). The molecule has 0 spiro atoms. The van der Waals surface area contributed by atoms with E-state index in [0.29, 0.717) is 13.1 Å². The van der Waals surface area contributed by atoms with Gasteiger partial charge in [-0.2, -0.15) is 5.26 Å². The van der Waals surface area contributed by atoms with Gasteiger partial charge in [0.05, 0.1) is 12.2 Å². The maximum atomic E-state index is 12.9. The molecule has 0 radical (unpaired) electrons. The van der Waals surface area contributed by atoms with Crippen molar-refractivity contribution in [3.63, 3.8) is 0 Å². The SMILES string of the molecule is CC1CN(C(=O)/C(C#N)=C\N2C(C)(C)CC(N)CC2(C)C)CC(C)O1. The molecule has 0 aliphatic carbocycles. The highest BCUT2D eigenvalue weighted by Crippen LogP contribution is 2.38. The summed E-state index contributed by atoms with van der Waals surface area (Å²) in [5.41, 5.74) is 5.97. The Bertz CT molecular complexity index is 563. The Morgan fingerprint density at radius 1 is 1.16 bits per heavy atom. The van der Waals surface area contributed by atoms with Gasteiger partial charge in [0.15, 0.2) is 0 Å². The van der Waals surface area contributed by atoms with E-state index in [9.17, 15) is 10.1 Å². The molecule has 2 atom stereocenters. The first-order chi connectivity index (χ1) is 11.5. The zero-order valence-electron chi connectivity index (χ0n) is 16.4. The minimum absolute atomic E-state index is 0.0199. The molecular weight excluding hydrogens is 316 g/mol. The van der Waals surface area contributed by atoms with Crippen molar-refractivity contribution in [3.8, 4) is 6.07 Å². The van der Waals surface area contributed by atoms with E-state index in [1.165, 1.54) is 0 Å². The molecule has 0 bridgehead atoms. The number of likely N-dealkylation sites (tertiary alicyclic amines) is 1. The average Bonchev–Trinajstić information content (AvgIpc) is 2.43. The van der Waals surface area contributed by atoms with Gasteiger partial charge in [-0.3, -0.25) is 4.79 Å². The molecule has 140 valence electrons. The Morgan fingerprint density at radius 3 is 2.08 bits per heavy atom. The summed E-state index contributed by atoms with van der Waals surface area (Å²) in [5.74, 6) is -0.217. The molecule has 2 aliphatic rings. The van der Waals surface area contributed by atoms with Gasteiger partial charge in [-0.15, -0.1) is 0 Å². The number of nitrogens with zero attached hydrogens (tertiary/aromatic N) is 3. The summed E-state index contributed by atoms with van der Waals surface area (Å²) in [5, 5.41) is 9.63. The zero-order valence-corrected chi connectivity index (χ0v) is 16.4. The van der Waals surface area contributed by atoms with Crippen molar-refractivity contribution >= 4 is 5.91 Å². The standard InChI is InChI=1S/C19H32N4O2/c1-13-10-22(11-14(2)25-13)17(24)15(9-20)12-23-18(3,4)7-16(21)8-19(23,5)6/h12-14,16H,7-8,10-11,21H2,1-6H3/b15-12-. The molecule has 2 unspecified atom stereocenters. The number of carbonyl (C=O) groups is 1. The van der Waals surface area contributed by atoms with Crippen LogP contribution in [0.1, 0.15) is 54.4 Å². The van der Waals surface area contributed by atoms with Gasteiger partial charge in [0.1, 0.15) is 11.6 Å². The van der Waals surface area contributed by atoms with Crippen LogP contribution in [0.5, 0.6) is 0 Å². The second-order valence-electron chi connectivity index (χ2n) is 8.79. The number of amides is 1. The largest absolute Gasteiger partial charge is 0.372 e. The van der Waals surface area contributed by atoms with Crippen LogP contribution in [-0.2, 0) is 9.53 Å². The highest BCUT2D eigenvalue weighted by Gasteiger charge is 2.43. The molecule has 2 heterocycles. The van der Waals surface area contributed by atoms with E-state index in [2.05, 4.69) is 38.7 Å². The predicted octanol–water partition coefficient (Wildman–Crippen LogP) is 2.01. The molecule has 25 heavy (non-hydrogen) atoms. The third-order valence-electron chi connectivity index (χ3n) is 5.14. The van der Waals surface area contributed by atoms with Crippen LogP contribution in [0.4, 0.5) is 0 Å². The normalized spacial score (nSPS) is 30.1. The van der Waals surface area contributed by atoms with Crippen molar-refractivity contribution in [2.24, 2.45) is 5.73 Å². The van der Waals surface area contributed by atoms with E-state index in [0.717, 1.165) is 12.8 Å². The van der Waals surface area contributed by atoms with Crippen LogP contribution in [0.15, 0.2) is 11.8 Å². The molecule has 2 aliphatic heterocycles. The van der Waals surface area contributed by atoms with Crippen LogP contribution in [0.3, 0.4) is 0 Å². The van der Waals surface area contributed by atoms with Crippen LogP contribution in [0.2, 0.25) is 0 Å². The van der Waals surface area contributed by atoms with E-state index < -0.39 is 0 Å². The number of rotatable bonds is 2. The Hall–Kier alpha value is -1.58. The van der Waals surface area contributed by atoms with Crippen LogP contribution < -0.4 is 5.73 Å². The molecule has 0 aromatic rings. The van der Waals surface area contributed by atoms with Gasteiger partial charge in [0, 0.05) is 36.4 Å². The molecule has 0 aromatic heterocycles. The number of morpholine rings is 1. The molecular formula is C19H32N4O2. The Kier molecular flexibility index (Phi) is 5.50. The molecule has 1 amide bonds. The van der Waals surface area contributed by atoms with Crippen molar-refractivity contribution in [3.05, 3.63) is 11.8 Å². The van der Waals surface area contributed by atoms with Gasteiger partial charge in [0.2, 0.25) is 0 Å². The fourth-order valence-corrected chi connectivity index (χ4v) is 4.50. The van der Waals surface area contributed by atoms with E-state index in [4.69, 9.17) is 10.5 Å². The van der Waals surface area contributed by atoms with E-state index >= 15 is 0 Å². The third-order valence-corrected chi connectivity index (χ3v) is 5.14. The van der Waals surface area contributed by atoms with Crippen molar-refractivity contribution in [2.75, 3.05) is 13.1 Å². The molecule has 2 saturated heterocycles.